The number of nitrogens with one attached hydrogen (secondary N) is 1. The van der Waals surface area contributed by atoms with Crippen LogP contribution in [0, 0.1) is 0 Å². The minimum absolute atomic E-state index is 0.0176. The molecule has 1 saturated heterocycles. The van der Waals surface area contributed by atoms with Crippen molar-refractivity contribution in [2.45, 2.75) is 38.8 Å². The van der Waals surface area contributed by atoms with Crippen LogP contribution in [0.3, 0.4) is 0 Å². The Kier molecular flexibility index (Phi) is 3.71. The van der Waals surface area contributed by atoms with Crippen molar-refractivity contribution in [1.82, 2.24) is 5.32 Å². The first-order valence-electron chi connectivity index (χ1n) is 4.78. The quantitative estimate of drug-likeness (QED) is 0.662. The van der Waals surface area contributed by atoms with E-state index in [1.54, 1.807) is 20.8 Å². The Bertz CT molecular complexity index is 284. The Morgan fingerprint density at radius 2 is 2.06 bits per heavy atom. The van der Waals surface area contributed by atoms with Crippen LogP contribution in [-0.4, -0.2) is 41.9 Å². The van der Waals surface area contributed by atoms with Crippen LogP contribution in [0.25, 0.3) is 0 Å². The lowest BCUT2D eigenvalue weighted by Crippen LogP contribution is -2.41. The molecule has 7 nitrogen and oxygen atoms in total. The van der Waals surface area contributed by atoms with E-state index in [9.17, 15) is 9.59 Å². The van der Waals surface area contributed by atoms with Crippen LogP contribution in [0.15, 0.2) is 0 Å². The second-order valence-corrected chi connectivity index (χ2v) is 4.29. The van der Waals surface area contributed by atoms with Crippen LogP contribution in [0.5, 0.6) is 0 Å². The molecule has 2 N–H and O–H groups in total. The van der Waals surface area contributed by atoms with Gasteiger partial charge in [-0.1, -0.05) is 0 Å². The van der Waals surface area contributed by atoms with Crippen molar-refractivity contribution in [1.29, 1.82) is 0 Å². The Morgan fingerprint density at radius 1 is 1.44 bits per heavy atom. The van der Waals surface area contributed by atoms with E-state index in [4.69, 9.17) is 14.6 Å². The van der Waals surface area contributed by atoms with E-state index >= 15 is 0 Å². The zero-order valence-corrected chi connectivity index (χ0v) is 9.35. The number of carboxylic acid groups (broad SMARTS) is 1. The van der Waals surface area contributed by atoms with Crippen molar-refractivity contribution in [3.63, 3.8) is 0 Å². The number of hydrogen-bond donors (Lipinski definition) is 2. The van der Waals surface area contributed by atoms with Crippen LogP contribution in [0.1, 0.15) is 20.8 Å². The molecule has 0 radical (unpaired) electrons. The molecule has 0 aromatic rings. The predicted octanol–water partition coefficient (Wildman–Crippen LogP) is 0.295. The molecule has 1 rings (SSSR count). The van der Waals surface area contributed by atoms with Gasteiger partial charge in [-0.15, -0.1) is 0 Å². The zero-order valence-electron chi connectivity index (χ0n) is 9.35. The second-order valence-electron chi connectivity index (χ2n) is 4.29. The molecule has 0 amide bonds. The van der Waals surface area contributed by atoms with E-state index < -0.39 is 30.2 Å². The monoisotopic (exact) mass is 233 g/mol. The fourth-order valence-corrected chi connectivity index (χ4v) is 1.13. The lowest BCUT2D eigenvalue weighted by Gasteiger charge is -2.21. The number of carbonyl (C=O) groups excluding carboxylic acids is 1. The molecule has 1 fully saturated rings. The molecule has 0 spiro atoms. The SMILES string of the molecule is CC(C)(C)OC(=O)C1NC(OC(=O)O)CO1. The van der Waals surface area contributed by atoms with Gasteiger partial charge >= 0.3 is 12.1 Å². The molecule has 7 heteroatoms. The number of esters is 1. The van der Waals surface area contributed by atoms with Crippen LogP contribution < -0.4 is 5.32 Å². The summed E-state index contributed by atoms with van der Waals surface area (Å²) in [6, 6.07) is 0. The third-order valence-electron chi connectivity index (χ3n) is 1.62. The highest BCUT2D eigenvalue weighted by molar-refractivity contribution is 5.75. The largest absolute Gasteiger partial charge is 0.507 e. The zero-order chi connectivity index (χ0) is 12.3. The summed E-state index contributed by atoms with van der Waals surface area (Å²) in [7, 11) is 0. The molecule has 0 bridgehead atoms. The Hall–Kier alpha value is -1.34. The average Bonchev–Trinajstić information content (AvgIpc) is 2.48. The molecule has 16 heavy (non-hydrogen) atoms. The lowest BCUT2D eigenvalue weighted by atomic mass is 10.2. The summed E-state index contributed by atoms with van der Waals surface area (Å²) in [5.41, 5.74) is -0.617. The Labute approximate surface area is 92.7 Å². The van der Waals surface area contributed by atoms with Crippen molar-refractivity contribution in [2.75, 3.05) is 6.61 Å². The molecular weight excluding hydrogens is 218 g/mol. The molecule has 0 aliphatic carbocycles. The first-order valence-corrected chi connectivity index (χ1v) is 4.78. The standard InChI is InChI=1S/C9H15NO6/c1-9(2,3)16-7(11)6-10-5(4-14-6)15-8(12)13/h5-6,10H,4H2,1-3H3,(H,12,13). The fourth-order valence-electron chi connectivity index (χ4n) is 1.13. The van der Waals surface area contributed by atoms with E-state index in [-0.39, 0.29) is 6.61 Å². The van der Waals surface area contributed by atoms with Gasteiger partial charge in [0.1, 0.15) is 12.2 Å². The molecule has 0 aromatic carbocycles. The van der Waals surface area contributed by atoms with Gasteiger partial charge in [-0.25, -0.2) is 14.9 Å². The van der Waals surface area contributed by atoms with Gasteiger partial charge in [-0.05, 0) is 20.8 Å². The van der Waals surface area contributed by atoms with Gasteiger partial charge in [0.05, 0.1) is 0 Å². The summed E-state index contributed by atoms with van der Waals surface area (Å²) < 4.78 is 14.4. The summed E-state index contributed by atoms with van der Waals surface area (Å²) in [5.74, 6) is -0.594. The van der Waals surface area contributed by atoms with Gasteiger partial charge in [-0.2, -0.15) is 0 Å². The maximum absolute atomic E-state index is 11.5. The van der Waals surface area contributed by atoms with Crippen LogP contribution >= 0.6 is 0 Å². The van der Waals surface area contributed by atoms with Crippen LogP contribution in [0.2, 0.25) is 0 Å². The van der Waals surface area contributed by atoms with Gasteiger partial charge in [0, 0.05) is 0 Å². The lowest BCUT2D eigenvalue weighted by molar-refractivity contribution is -0.166. The van der Waals surface area contributed by atoms with Crippen LogP contribution in [-0.2, 0) is 19.0 Å². The first-order chi connectivity index (χ1) is 7.28. The van der Waals surface area contributed by atoms with E-state index in [1.807, 2.05) is 0 Å². The minimum atomic E-state index is -1.43. The molecule has 1 aliphatic rings. The van der Waals surface area contributed by atoms with Gasteiger partial charge in [0.15, 0.2) is 6.23 Å². The summed E-state index contributed by atoms with van der Waals surface area (Å²) in [4.78, 5) is 21.7. The van der Waals surface area contributed by atoms with Gasteiger partial charge < -0.3 is 19.3 Å². The molecule has 0 aromatic heterocycles. The van der Waals surface area contributed by atoms with E-state index in [1.165, 1.54) is 0 Å². The number of hydrogen-bond acceptors (Lipinski definition) is 6. The van der Waals surface area contributed by atoms with E-state index in [0.29, 0.717) is 0 Å². The third-order valence-corrected chi connectivity index (χ3v) is 1.62. The third kappa shape index (κ3) is 4.03. The van der Waals surface area contributed by atoms with E-state index in [0.717, 1.165) is 0 Å². The number of ether oxygens (including phenoxy) is 3. The molecule has 2 unspecified atom stereocenters. The molecule has 2 atom stereocenters. The highest BCUT2D eigenvalue weighted by Gasteiger charge is 2.35. The van der Waals surface area contributed by atoms with Crippen LogP contribution in [0.4, 0.5) is 4.79 Å². The molecule has 1 aliphatic heterocycles. The molecule has 1 heterocycles. The van der Waals surface area contributed by atoms with Gasteiger partial charge in [0.2, 0.25) is 6.23 Å². The summed E-state index contributed by atoms with van der Waals surface area (Å²) in [5, 5.41) is 10.9. The summed E-state index contributed by atoms with van der Waals surface area (Å²) in [6.45, 7) is 5.16. The second kappa shape index (κ2) is 4.67. The summed E-state index contributed by atoms with van der Waals surface area (Å²) in [6.07, 6.45) is -3.25. The molecule has 0 saturated carbocycles. The van der Waals surface area contributed by atoms with E-state index in [2.05, 4.69) is 10.1 Å². The van der Waals surface area contributed by atoms with Crippen molar-refractivity contribution in [2.24, 2.45) is 0 Å². The molecular formula is C9H15NO6. The maximum Gasteiger partial charge on any atom is 0.507 e. The predicted molar refractivity (Wildman–Crippen MR) is 51.6 cm³/mol. The van der Waals surface area contributed by atoms with Gasteiger partial charge in [0.25, 0.3) is 0 Å². The normalized spacial score (nSPS) is 25.2. The highest BCUT2D eigenvalue weighted by Crippen LogP contribution is 2.12. The molecule has 92 valence electrons. The van der Waals surface area contributed by atoms with Crippen molar-refractivity contribution in [3.05, 3.63) is 0 Å². The van der Waals surface area contributed by atoms with Gasteiger partial charge in [-0.3, -0.25) is 0 Å². The number of rotatable bonds is 2. The average molecular weight is 233 g/mol. The first kappa shape index (κ1) is 12.7. The maximum atomic E-state index is 11.5. The van der Waals surface area contributed by atoms with Crippen molar-refractivity contribution in [3.8, 4) is 0 Å². The van der Waals surface area contributed by atoms with Crippen molar-refractivity contribution < 1.29 is 28.9 Å². The topological polar surface area (TPSA) is 94.1 Å². The minimum Gasteiger partial charge on any atom is -0.457 e. The smallest absolute Gasteiger partial charge is 0.457 e. The fraction of sp³-hybridized carbons (Fsp3) is 0.778. The highest BCUT2D eigenvalue weighted by atomic mass is 16.7. The Balaban J connectivity index is 2.41. The Morgan fingerprint density at radius 3 is 2.56 bits per heavy atom. The van der Waals surface area contributed by atoms with Crippen molar-refractivity contribution >= 4 is 12.1 Å². The number of carbonyl (C=O) groups is 2. The summed E-state index contributed by atoms with van der Waals surface area (Å²) >= 11 is 0.